The fourth-order valence-corrected chi connectivity index (χ4v) is 3.17. The number of rotatable bonds is 4. The van der Waals surface area contributed by atoms with Gasteiger partial charge in [0.1, 0.15) is 5.92 Å². The third-order valence-corrected chi connectivity index (χ3v) is 4.25. The van der Waals surface area contributed by atoms with Crippen LogP contribution < -0.4 is 0 Å². The van der Waals surface area contributed by atoms with Crippen LogP contribution in [0.15, 0.2) is 40.5 Å². The molecule has 25 heavy (non-hydrogen) atoms. The molecule has 0 aliphatic carbocycles. The highest BCUT2D eigenvalue weighted by Crippen LogP contribution is 2.42. The van der Waals surface area contributed by atoms with Gasteiger partial charge >= 0.3 is 11.9 Å². The minimum Gasteiger partial charge on any atom is -0.468 e. The fraction of sp³-hybridized carbons (Fsp3) is 0.389. The average Bonchev–Trinajstić information content (AvgIpc) is 2.59. The SMILES string of the molecule is COC(=O)C1=C(C)N=C(C)C(C(=O)OC)C1c1ccccc1C(F)F. The number of hydrogen-bond donors (Lipinski definition) is 0. The smallest absolute Gasteiger partial charge is 0.336 e. The highest BCUT2D eigenvalue weighted by Gasteiger charge is 2.43. The Kier molecular flexibility index (Phi) is 5.66. The highest BCUT2D eigenvalue weighted by atomic mass is 19.3. The number of carbonyl (C=O) groups is 2. The maximum atomic E-state index is 13.5. The number of nitrogens with zero attached hydrogens (tertiary/aromatic N) is 1. The van der Waals surface area contributed by atoms with Gasteiger partial charge in [-0.1, -0.05) is 24.3 Å². The third kappa shape index (κ3) is 3.45. The average molecular weight is 351 g/mol. The third-order valence-electron chi connectivity index (χ3n) is 4.25. The van der Waals surface area contributed by atoms with E-state index in [4.69, 9.17) is 9.47 Å². The Morgan fingerprint density at radius 1 is 1.12 bits per heavy atom. The standard InChI is InChI=1S/C18H19F2NO4/c1-9-13(17(22)24-3)15(14(10(2)21-9)18(23)25-4)11-7-5-6-8-12(11)16(19)20/h5-8,13,15-16H,1-4H3. The number of aliphatic imine (C=N–C) groups is 1. The molecule has 2 unspecified atom stereocenters. The van der Waals surface area contributed by atoms with Crippen LogP contribution in [0.2, 0.25) is 0 Å². The Morgan fingerprint density at radius 2 is 1.76 bits per heavy atom. The monoisotopic (exact) mass is 351 g/mol. The van der Waals surface area contributed by atoms with Crippen molar-refractivity contribution in [2.75, 3.05) is 14.2 Å². The summed E-state index contributed by atoms with van der Waals surface area (Å²) in [7, 11) is 2.39. The normalized spacial score (nSPS) is 20.4. The van der Waals surface area contributed by atoms with Crippen LogP contribution in [0.4, 0.5) is 8.78 Å². The number of alkyl halides is 2. The molecule has 5 nitrogen and oxygen atoms in total. The van der Waals surface area contributed by atoms with Gasteiger partial charge in [-0.15, -0.1) is 0 Å². The summed E-state index contributed by atoms with van der Waals surface area (Å²) in [5, 5.41) is 0. The summed E-state index contributed by atoms with van der Waals surface area (Å²) in [6.45, 7) is 3.19. The van der Waals surface area contributed by atoms with Crippen molar-refractivity contribution in [3.05, 3.63) is 46.7 Å². The number of benzene rings is 1. The van der Waals surface area contributed by atoms with Crippen molar-refractivity contribution in [2.45, 2.75) is 26.2 Å². The summed E-state index contributed by atoms with van der Waals surface area (Å²) >= 11 is 0. The summed E-state index contributed by atoms with van der Waals surface area (Å²) in [6.07, 6.45) is -2.76. The first-order chi connectivity index (χ1) is 11.8. The number of halogens is 2. The van der Waals surface area contributed by atoms with E-state index in [1.807, 2.05) is 0 Å². The van der Waals surface area contributed by atoms with Gasteiger partial charge in [0.2, 0.25) is 0 Å². The second-order valence-corrected chi connectivity index (χ2v) is 5.65. The fourth-order valence-electron chi connectivity index (χ4n) is 3.17. The summed E-state index contributed by atoms with van der Waals surface area (Å²) in [4.78, 5) is 28.9. The molecule has 1 aromatic carbocycles. The Hall–Kier alpha value is -2.57. The minimum absolute atomic E-state index is 0.0802. The molecule has 7 heteroatoms. The lowest BCUT2D eigenvalue weighted by molar-refractivity contribution is -0.143. The Labute approximate surface area is 144 Å². The zero-order chi connectivity index (χ0) is 18.7. The molecule has 0 saturated carbocycles. The molecule has 0 radical (unpaired) electrons. The molecule has 0 aromatic heterocycles. The van der Waals surface area contributed by atoms with E-state index in [-0.39, 0.29) is 16.7 Å². The summed E-state index contributed by atoms with van der Waals surface area (Å²) < 4.78 is 36.7. The Morgan fingerprint density at radius 3 is 2.32 bits per heavy atom. The van der Waals surface area contributed by atoms with E-state index < -0.39 is 30.2 Å². The number of ether oxygens (including phenoxy) is 2. The molecule has 0 fully saturated rings. The molecule has 1 aliphatic heterocycles. The van der Waals surface area contributed by atoms with Crippen LogP contribution in [-0.4, -0.2) is 31.9 Å². The predicted octanol–water partition coefficient (Wildman–Crippen LogP) is 3.42. The van der Waals surface area contributed by atoms with Crippen LogP contribution in [0.1, 0.15) is 37.3 Å². The number of hydrogen-bond acceptors (Lipinski definition) is 5. The second kappa shape index (κ2) is 7.55. The van der Waals surface area contributed by atoms with Gasteiger partial charge < -0.3 is 9.47 Å². The van der Waals surface area contributed by atoms with E-state index in [2.05, 4.69) is 4.99 Å². The highest BCUT2D eigenvalue weighted by molar-refractivity contribution is 6.07. The first-order valence-corrected chi connectivity index (χ1v) is 7.62. The van der Waals surface area contributed by atoms with Crippen LogP contribution in [0, 0.1) is 5.92 Å². The Balaban J connectivity index is 2.76. The molecular formula is C18H19F2NO4. The molecule has 1 heterocycles. The van der Waals surface area contributed by atoms with Crippen molar-refractivity contribution in [1.29, 1.82) is 0 Å². The molecule has 134 valence electrons. The van der Waals surface area contributed by atoms with Crippen molar-refractivity contribution in [1.82, 2.24) is 0 Å². The van der Waals surface area contributed by atoms with Crippen molar-refractivity contribution < 1.29 is 27.8 Å². The van der Waals surface area contributed by atoms with Crippen molar-refractivity contribution in [2.24, 2.45) is 10.9 Å². The first kappa shape index (κ1) is 18.8. The molecule has 0 saturated heterocycles. The molecule has 0 amide bonds. The Bertz CT molecular complexity index is 755. The van der Waals surface area contributed by atoms with Crippen molar-refractivity contribution >= 4 is 17.7 Å². The molecule has 2 atom stereocenters. The molecule has 0 N–H and O–H groups in total. The van der Waals surface area contributed by atoms with Crippen molar-refractivity contribution in [3.8, 4) is 0 Å². The van der Waals surface area contributed by atoms with Gasteiger partial charge in [-0.25, -0.2) is 13.6 Å². The molecular weight excluding hydrogens is 332 g/mol. The van der Waals surface area contributed by atoms with Gasteiger partial charge in [0.05, 0.1) is 19.8 Å². The van der Waals surface area contributed by atoms with E-state index in [0.717, 1.165) is 0 Å². The predicted molar refractivity (Wildman–Crippen MR) is 87.5 cm³/mol. The lowest BCUT2D eigenvalue weighted by atomic mass is 9.74. The minimum atomic E-state index is -2.76. The first-order valence-electron chi connectivity index (χ1n) is 7.62. The quantitative estimate of drug-likeness (QED) is 0.780. The second-order valence-electron chi connectivity index (χ2n) is 5.65. The van der Waals surface area contributed by atoms with E-state index >= 15 is 0 Å². The number of methoxy groups -OCH3 is 2. The maximum absolute atomic E-state index is 13.5. The van der Waals surface area contributed by atoms with Crippen LogP contribution in [0.5, 0.6) is 0 Å². The van der Waals surface area contributed by atoms with Crippen LogP contribution in [0.3, 0.4) is 0 Å². The van der Waals surface area contributed by atoms with Gasteiger partial charge in [0, 0.05) is 22.9 Å². The van der Waals surface area contributed by atoms with E-state index in [1.165, 1.54) is 32.4 Å². The zero-order valence-electron chi connectivity index (χ0n) is 14.4. The molecule has 1 aromatic rings. The lowest BCUT2D eigenvalue weighted by Crippen LogP contribution is -2.36. The van der Waals surface area contributed by atoms with Gasteiger partial charge in [0.25, 0.3) is 6.43 Å². The van der Waals surface area contributed by atoms with Gasteiger partial charge in [0.15, 0.2) is 0 Å². The lowest BCUT2D eigenvalue weighted by Gasteiger charge is -2.32. The largest absolute Gasteiger partial charge is 0.468 e. The van der Waals surface area contributed by atoms with E-state index in [1.54, 1.807) is 19.9 Å². The van der Waals surface area contributed by atoms with Crippen LogP contribution >= 0.6 is 0 Å². The van der Waals surface area contributed by atoms with Gasteiger partial charge in [-0.2, -0.15) is 0 Å². The summed E-state index contributed by atoms with van der Waals surface area (Å²) in [5.41, 5.74) is 0.744. The molecule has 0 bridgehead atoms. The van der Waals surface area contributed by atoms with Gasteiger partial charge in [-0.05, 0) is 19.4 Å². The molecule has 1 aliphatic rings. The maximum Gasteiger partial charge on any atom is 0.336 e. The van der Waals surface area contributed by atoms with Gasteiger partial charge in [-0.3, -0.25) is 9.79 Å². The van der Waals surface area contributed by atoms with E-state index in [9.17, 15) is 18.4 Å². The number of allylic oxidation sites excluding steroid dienone is 1. The van der Waals surface area contributed by atoms with Crippen LogP contribution in [0.25, 0.3) is 0 Å². The van der Waals surface area contributed by atoms with E-state index in [0.29, 0.717) is 11.4 Å². The number of esters is 2. The molecule has 2 rings (SSSR count). The van der Waals surface area contributed by atoms with Crippen LogP contribution in [-0.2, 0) is 19.1 Å². The number of carbonyl (C=O) groups excluding carboxylic acids is 2. The van der Waals surface area contributed by atoms with Crippen molar-refractivity contribution in [3.63, 3.8) is 0 Å². The molecule has 0 spiro atoms. The summed E-state index contributed by atoms with van der Waals surface area (Å²) in [6, 6.07) is 5.83. The summed E-state index contributed by atoms with van der Waals surface area (Å²) in [5.74, 6) is -3.30. The zero-order valence-corrected chi connectivity index (χ0v) is 14.4. The topological polar surface area (TPSA) is 65.0 Å².